The molecular formula is C25H25BrN4O4S. The van der Waals surface area contributed by atoms with Crippen molar-refractivity contribution in [3.05, 3.63) is 70.4 Å². The summed E-state index contributed by atoms with van der Waals surface area (Å²) in [6.45, 7) is 3.48. The molecule has 0 atom stereocenters. The second kappa shape index (κ2) is 11.0. The Balaban J connectivity index is 1.49. The van der Waals surface area contributed by atoms with Gasteiger partial charge in [0.15, 0.2) is 10.9 Å². The van der Waals surface area contributed by atoms with Crippen molar-refractivity contribution in [2.24, 2.45) is 0 Å². The van der Waals surface area contributed by atoms with Gasteiger partial charge in [0.05, 0.1) is 24.0 Å². The number of benzene rings is 2. The minimum Gasteiger partial charge on any atom is -0.465 e. The molecule has 1 aromatic heterocycles. The van der Waals surface area contributed by atoms with Crippen LogP contribution in [0.3, 0.4) is 0 Å². The number of hydrogen-bond acceptors (Lipinski definition) is 7. The Morgan fingerprint density at radius 1 is 1.03 bits per heavy atom. The van der Waals surface area contributed by atoms with Crippen molar-refractivity contribution in [1.82, 2.24) is 10.2 Å². The van der Waals surface area contributed by atoms with Gasteiger partial charge in [0.25, 0.3) is 5.91 Å². The monoisotopic (exact) mass is 556 g/mol. The predicted molar refractivity (Wildman–Crippen MR) is 143 cm³/mol. The van der Waals surface area contributed by atoms with E-state index < -0.39 is 11.9 Å². The number of hydrogen-bond donors (Lipinski definition) is 2. The van der Waals surface area contributed by atoms with Gasteiger partial charge in [-0.05, 0) is 61.7 Å². The molecule has 35 heavy (non-hydrogen) atoms. The highest BCUT2D eigenvalue weighted by molar-refractivity contribution is 9.10. The van der Waals surface area contributed by atoms with Gasteiger partial charge in [0.2, 0.25) is 0 Å². The Morgan fingerprint density at radius 2 is 1.74 bits per heavy atom. The van der Waals surface area contributed by atoms with Crippen LogP contribution in [-0.2, 0) is 4.74 Å². The first kappa shape index (κ1) is 24.9. The molecule has 10 heteroatoms. The maximum absolute atomic E-state index is 12.8. The maximum Gasteiger partial charge on any atom is 0.337 e. The molecule has 2 heterocycles. The Kier molecular flexibility index (Phi) is 7.84. The van der Waals surface area contributed by atoms with Crippen LogP contribution >= 0.6 is 28.1 Å². The Morgan fingerprint density at radius 3 is 2.43 bits per heavy atom. The SMILES string of the molecule is COC(=O)c1ccc(N2CCN(C)CC2)c(NC(=S)NC(=O)c2ccc(-c3ccc(Br)cc3)o2)c1. The highest BCUT2D eigenvalue weighted by Crippen LogP contribution is 2.29. The summed E-state index contributed by atoms with van der Waals surface area (Å²) in [6.07, 6.45) is 0. The van der Waals surface area contributed by atoms with E-state index in [1.807, 2.05) is 30.3 Å². The lowest BCUT2D eigenvalue weighted by Crippen LogP contribution is -2.45. The third-order valence-corrected chi connectivity index (χ3v) is 6.43. The minimum atomic E-state index is -0.476. The molecule has 4 rings (SSSR count). The normalized spacial score (nSPS) is 13.9. The number of anilines is 2. The van der Waals surface area contributed by atoms with Gasteiger partial charge in [0.1, 0.15) is 5.76 Å². The fraction of sp³-hybridized carbons (Fsp3) is 0.240. The average Bonchev–Trinajstić information content (AvgIpc) is 3.35. The molecule has 0 saturated carbocycles. The summed E-state index contributed by atoms with van der Waals surface area (Å²) >= 11 is 8.81. The van der Waals surface area contributed by atoms with Crippen LogP contribution in [0.1, 0.15) is 20.9 Å². The van der Waals surface area contributed by atoms with E-state index in [0.717, 1.165) is 41.9 Å². The smallest absolute Gasteiger partial charge is 0.337 e. The number of furan rings is 1. The largest absolute Gasteiger partial charge is 0.465 e. The number of nitrogens with one attached hydrogen (secondary N) is 2. The van der Waals surface area contributed by atoms with Crippen molar-refractivity contribution < 1.29 is 18.7 Å². The molecule has 0 unspecified atom stereocenters. The summed E-state index contributed by atoms with van der Waals surface area (Å²) < 4.78 is 11.5. The van der Waals surface area contributed by atoms with Crippen molar-refractivity contribution in [3.63, 3.8) is 0 Å². The highest BCUT2D eigenvalue weighted by Gasteiger charge is 2.20. The molecule has 2 N–H and O–H groups in total. The van der Waals surface area contributed by atoms with Crippen molar-refractivity contribution in [2.75, 3.05) is 50.6 Å². The third kappa shape index (κ3) is 6.08. The van der Waals surface area contributed by atoms with Gasteiger partial charge < -0.3 is 24.3 Å². The number of ether oxygens (including phenoxy) is 1. The second-order valence-electron chi connectivity index (χ2n) is 8.09. The van der Waals surface area contributed by atoms with Gasteiger partial charge in [-0.2, -0.15) is 0 Å². The molecule has 3 aromatic rings. The van der Waals surface area contributed by atoms with Gasteiger partial charge in [-0.25, -0.2) is 4.79 Å². The predicted octanol–water partition coefficient (Wildman–Crippen LogP) is 4.37. The summed E-state index contributed by atoms with van der Waals surface area (Å²) in [7, 11) is 3.42. The molecule has 182 valence electrons. The first-order valence-electron chi connectivity index (χ1n) is 11.0. The molecule has 0 spiro atoms. The third-order valence-electron chi connectivity index (χ3n) is 5.70. The average molecular weight is 557 g/mol. The highest BCUT2D eigenvalue weighted by atomic mass is 79.9. The Hall–Kier alpha value is -3.21. The minimum absolute atomic E-state index is 0.0917. The summed E-state index contributed by atoms with van der Waals surface area (Å²) in [5, 5.41) is 5.82. The molecule has 0 radical (unpaired) electrons. The zero-order chi connectivity index (χ0) is 24.9. The lowest BCUT2D eigenvalue weighted by Gasteiger charge is -2.35. The van der Waals surface area contributed by atoms with Crippen LogP contribution in [0.5, 0.6) is 0 Å². The van der Waals surface area contributed by atoms with E-state index in [1.165, 1.54) is 7.11 Å². The molecule has 1 aliphatic rings. The van der Waals surface area contributed by atoms with Gasteiger partial charge >= 0.3 is 5.97 Å². The molecule has 1 amide bonds. The van der Waals surface area contributed by atoms with Gasteiger partial charge in [-0.15, -0.1) is 0 Å². The Labute approximate surface area is 217 Å². The van der Waals surface area contributed by atoms with Crippen molar-refractivity contribution >= 4 is 56.5 Å². The van der Waals surface area contributed by atoms with E-state index in [9.17, 15) is 9.59 Å². The number of halogens is 1. The van der Waals surface area contributed by atoms with Crippen molar-refractivity contribution in [1.29, 1.82) is 0 Å². The van der Waals surface area contributed by atoms with E-state index in [1.54, 1.807) is 24.3 Å². The van der Waals surface area contributed by atoms with E-state index in [0.29, 0.717) is 17.0 Å². The number of esters is 1. The van der Waals surface area contributed by atoms with E-state index in [2.05, 4.69) is 43.4 Å². The van der Waals surface area contributed by atoms with E-state index in [4.69, 9.17) is 21.4 Å². The van der Waals surface area contributed by atoms with Gasteiger partial charge in [0, 0.05) is 36.2 Å². The standard InChI is InChI=1S/C25H25BrN4O4S/c1-29-11-13-30(14-12-29)20-8-5-17(24(32)33-2)15-19(20)27-25(35)28-23(31)22-10-9-21(34-22)16-3-6-18(26)7-4-16/h3-10,15H,11-14H2,1-2H3,(H2,27,28,31,35). The number of amides is 1. The fourth-order valence-electron chi connectivity index (χ4n) is 3.75. The molecule has 0 aliphatic carbocycles. The molecule has 1 fully saturated rings. The van der Waals surface area contributed by atoms with Crippen LogP contribution in [0.25, 0.3) is 11.3 Å². The summed E-state index contributed by atoms with van der Waals surface area (Å²) in [4.78, 5) is 29.3. The second-order valence-corrected chi connectivity index (χ2v) is 9.42. The number of nitrogens with zero attached hydrogens (tertiary/aromatic N) is 2. The van der Waals surface area contributed by atoms with E-state index >= 15 is 0 Å². The van der Waals surface area contributed by atoms with Gasteiger partial charge in [-0.3, -0.25) is 10.1 Å². The van der Waals surface area contributed by atoms with Crippen LogP contribution in [0.4, 0.5) is 11.4 Å². The number of carbonyl (C=O) groups excluding carboxylic acids is 2. The molecule has 1 saturated heterocycles. The number of rotatable bonds is 5. The fourth-order valence-corrected chi connectivity index (χ4v) is 4.22. The molecule has 1 aliphatic heterocycles. The number of carbonyl (C=O) groups is 2. The number of thiocarbonyl (C=S) groups is 1. The van der Waals surface area contributed by atoms with Crippen molar-refractivity contribution in [3.8, 4) is 11.3 Å². The lowest BCUT2D eigenvalue weighted by molar-refractivity contribution is 0.0600. The first-order chi connectivity index (χ1) is 16.8. The van der Waals surface area contributed by atoms with Gasteiger partial charge in [-0.1, -0.05) is 28.1 Å². The number of piperazine rings is 1. The summed E-state index contributed by atoms with van der Waals surface area (Å²) in [5.74, 6) is -0.223. The van der Waals surface area contributed by atoms with Crippen molar-refractivity contribution in [2.45, 2.75) is 0 Å². The summed E-state index contributed by atoms with van der Waals surface area (Å²) in [6, 6.07) is 16.2. The molecular weight excluding hydrogens is 532 g/mol. The zero-order valence-corrected chi connectivity index (χ0v) is 21.7. The number of methoxy groups -OCH3 is 1. The van der Waals surface area contributed by atoms with Crippen LogP contribution in [-0.4, -0.2) is 62.2 Å². The molecule has 8 nitrogen and oxygen atoms in total. The number of likely N-dealkylation sites (N-methyl/N-ethyl adjacent to an activating group) is 1. The zero-order valence-electron chi connectivity index (χ0n) is 19.3. The van der Waals surface area contributed by atoms with Crippen LogP contribution in [0, 0.1) is 0 Å². The first-order valence-corrected chi connectivity index (χ1v) is 12.2. The van der Waals surface area contributed by atoms with Crippen LogP contribution < -0.4 is 15.5 Å². The topological polar surface area (TPSA) is 87.0 Å². The molecule has 0 bridgehead atoms. The lowest BCUT2D eigenvalue weighted by atomic mass is 10.1. The van der Waals surface area contributed by atoms with Crippen LogP contribution in [0.15, 0.2) is 63.5 Å². The summed E-state index contributed by atoms with van der Waals surface area (Å²) in [5.41, 5.74) is 2.73. The quantitative estimate of drug-likeness (QED) is 0.354. The maximum atomic E-state index is 12.8. The van der Waals surface area contributed by atoms with E-state index in [-0.39, 0.29) is 10.9 Å². The molecule has 2 aromatic carbocycles. The Bertz CT molecular complexity index is 1240. The van der Waals surface area contributed by atoms with Crippen LogP contribution in [0.2, 0.25) is 0 Å².